The molecule has 1 heterocycles. The summed E-state index contributed by atoms with van der Waals surface area (Å²) in [5, 5.41) is 0. The van der Waals surface area contributed by atoms with Gasteiger partial charge in [0, 0.05) is 12.2 Å². The monoisotopic (exact) mass is 250 g/mol. The Bertz CT molecular complexity index is 279. The van der Waals surface area contributed by atoms with E-state index in [2.05, 4.69) is 51.5 Å². The lowest BCUT2D eigenvalue weighted by Crippen LogP contribution is -2.33. The Morgan fingerprint density at radius 3 is 2.18 bits per heavy atom. The van der Waals surface area contributed by atoms with E-state index in [4.69, 9.17) is 4.43 Å². The normalized spacial score (nSPS) is 15.9. The molecule has 0 spiro atoms. The van der Waals surface area contributed by atoms with Gasteiger partial charge in [-0.3, -0.25) is 0 Å². The lowest BCUT2D eigenvalue weighted by atomic mass is 10.2. The predicted molar refractivity (Wildman–Crippen MR) is 73.9 cm³/mol. The SMILES string of the molecule is C1CC[Si]OC1.C[N+](C)(C)Cc1ccccc1. The van der Waals surface area contributed by atoms with Crippen molar-refractivity contribution in [1.29, 1.82) is 0 Å². The maximum atomic E-state index is 5.10. The first kappa shape index (κ1) is 14.4. The summed E-state index contributed by atoms with van der Waals surface area (Å²) in [7, 11) is 7.41. The highest BCUT2D eigenvalue weighted by Crippen LogP contribution is 2.05. The molecule has 1 aromatic rings. The third-order valence-corrected chi connectivity index (χ3v) is 3.34. The molecule has 2 rings (SSSR count). The van der Waals surface area contributed by atoms with E-state index in [9.17, 15) is 0 Å². The quantitative estimate of drug-likeness (QED) is 0.579. The van der Waals surface area contributed by atoms with Crippen LogP contribution < -0.4 is 0 Å². The maximum Gasteiger partial charge on any atom is 0.229 e. The second kappa shape index (κ2) is 7.64. The third kappa shape index (κ3) is 8.13. The van der Waals surface area contributed by atoms with Gasteiger partial charge in [-0.2, -0.15) is 0 Å². The number of nitrogens with zero attached hydrogens (tertiary/aromatic N) is 1. The largest absolute Gasteiger partial charge is 0.417 e. The van der Waals surface area contributed by atoms with Crippen LogP contribution in [-0.4, -0.2) is 42.0 Å². The molecule has 0 aliphatic carbocycles. The summed E-state index contributed by atoms with van der Waals surface area (Å²) in [5.74, 6) is 0. The Hall–Kier alpha value is -0.643. The first-order valence-electron chi connectivity index (χ1n) is 6.27. The van der Waals surface area contributed by atoms with Crippen molar-refractivity contribution >= 4 is 9.76 Å². The average molecular weight is 250 g/mol. The van der Waals surface area contributed by atoms with Gasteiger partial charge in [0.05, 0.1) is 21.1 Å². The molecule has 1 aromatic carbocycles. The van der Waals surface area contributed by atoms with E-state index in [0.717, 1.165) is 27.4 Å². The summed E-state index contributed by atoms with van der Waals surface area (Å²) in [5.41, 5.74) is 1.40. The molecule has 2 radical (unpaired) electrons. The van der Waals surface area contributed by atoms with Crippen LogP contribution in [0.15, 0.2) is 30.3 Å². The van der Waals surface area contributed by atoms with E-state index < -0.39 is 0 Å². The number of benzene rings is 1. The molecule has 1 saturated heterocycles. The standard InChI is InChI=1S/C10H16N.C4H8OSi/c1-11(2,3)9-10-7-5-4-6-8-10;1-2-4-6-5-3-1/h4-8H,9H2,1-3H3;1-4H2/q+1;. The van der Waals surface area contributed by atoms with Gasteiger partial charge in [0.15, 0.2) is 0 Å². The van der Waals surface area contributed by atoms with Gasteiger partial charge < -0.3 is 8.91 Å². The zero-order valence-corrected chi connectivity index (χ0v) is 12.3. The summed E-state index contributed by atoms with van der Waals surface area (Å²) in [6.45, 7) is 2.11. The van der Waals surface area contributed by atoms with Gasteiger partial charge in [-0.1, -0.05) is 36.8 Å². The lowest BCUT2D eigenvalue weighted by Gasteiger charge is -2.23. The first-order valence-corrected chi connectivity index (χ1v) is 7.38. The predicted octanol–water partition coefficient (Wildman–Crippen LogP) is 2.73. The molecule has 2 nitrogen and oxygen atoms in total. The van der Waals surface area contributed by atoms with E-state index in [-0.39, 0.29) is 0 Å². The first-order chi connectivity index (χ1) is 8.08. The topological polar surface area (TPSA) is 9.23 Å². The van der Waals surface area contributed by atoms with Gasteiger partial charge in [0.25, 0.3) is 0 Å². The van der Waals surface area contributed by atoms with Crippen LogP contribution in [0.2, 0.25) is 6.04 Å². The Morgan fingerprint density at radius 2 is 1.82 bits per heavy atom. The van der Waals surface area contributed by atoms with Gasteiger partial charge in [-0.15, -0.1) is 0 Å². The molecule has 0 aromatic heterocycles. The molecule has 1 fully saturated rings. The Balaban J connectivity index is 0.000000202. The van der Waals surface area contributed by atoms with Gasteiger partial charge in [-0.25, -0.2) is 0 Å². The molecular weight excluding hydrogens is 226 g/mol. The van der Waals surface area contributed by atoms with Gasteiger partial charge >= 0.3 is 0 Å². The van der Waals surface area contributed by atoms with Crippen molar-refractivity contribution in [2.45, 2.75) is 25.4 Å². The average Bonchev–Trinajstić information content (AvgIpc) is 2.31. The smallest absolute Gasteiger partial charge is 0.229 e. The maximum absolute atomic E-state index is 5.10. The van der Waals surface area contributed by atoms with Crippen molar-refractivity contribution in [1.82, 2.24) is 0 Å². The van der Waals surface area contributed by atoms with Crippen molar-refractivity contribution in [3.8, 4) is 0 Å². The molecule has 0 amide bonds. The minimum absolute atomic E-state index is 0.802. The molecule has 3 heteroatoms. The minimum atomic E-state index is 0.802. The van der Waals surface area contributed by atoms with Crippen LogP contribution in [0.1, 0.15) is 18.4 Å². The van der Waals surface area contributed by atoms with E-state index in [0.29, 0.717) is 0 Å². The summed E-state index contributed by atoms with van der Waals surface area (Å²) in [4.78, 5) is 0. The number of hydrogen-bond acceptors (Lipinski definition) is 1. The van der Waals surface area contributed by atoms with Crippen molar-refractivity contribution in [3.05, 3.63) is 35.9 Å². The van der Waals surface area contributed by atoms with Crippen LogP contribution >= 0.6 is 0 Å². The lowest BCUT2D eigenvalue weighted by molar-refractivity contribution is -0.884. The van der Waals surface area contributed by atoms with Gasteiger partial charge in [0.2, 0.25) is 9.76 Å². The highest BCUT2D eigenvalue weighted by atomic mass is 28.2. The summed E-state index contributed by atoms with van der Waals surface area (Å²) in [6.07, 6.45) is 2.67. The van der Waals surface area contributed by atoms with Crippen LogP contribution in [0.25, 0.3) is 0 Å². The van der Waals surface area contributed by atoms with Gasteiger partial charge in [-0.05, 0) is 12.5 Å². The van der Waals surface area contributed by atoms with Crippen molar-refractivity contribution in [2.75, 3.05) is 27.7 Å². The molecule has 1 aliphatic rings. The van der Waals surface area contributed by atoms with Crippen LogP contribution in [0.4, 0.5) is 0 Å². The molecule has 94 valence electrons. The van der Waals surface area contributed by atoms with Crippen LogP contribution in [0, 0.1) is 0 Å². The van der Waals surface area contributed by atoms with Crippen LogP contribution in [-0.2, 0) is 11.0 Å². The molecule has 0 bridgehead atoms. The summed E-state index contributed by atoms with van der Waals surface area (Å²) < 4.78 is 6.09. The Labute approximate surface area is 108 Å². The van der Waals surface area contributed by atoms with E-state index in [1.165, 1.54) is 24.4 Å². The number of hydrogen-bond donors (Lipinski definition) is 0. The molecule has 0 N–H and O–H groups in total. The number of quaternary nitrogens is 1. The highest BCUT2D eigenvalue weighted by molar-refractivity contribution is 6.27. The zero-order valence-electron chi connectivity index (χ0n) is 11.3. The van der Waals surface area contributed by atoms with Crippen molar-refractivity contribution < 1.29 is 8.91 Å². The van der Waals surface area contributed by atoms with Crippen molar-refractivity contribution in [2.24, 2.45) is 0 Å². The van der Waals surface area contributed by atoms with E-state index in [1.807, 2.05) is 0 Å². The molecule has 1 aliphatic heterocycles. The molecule has 17 heavy (non-hydrogen) atoms. The second-order valence-corrected chi connectivity index (χ2v) is 6.46. The van der Waals surface area contributed by atoms with Gasteiger partial charge in [0.1, 0.15) is 6.54 Å². The summed E-state index contributed by atoms with van der Waals surface area (Å²) in [6, 6.07) is 11.9. The van der Waals surface area contributed by atoms with Crippen LogP contribution in [0.5, 0.6) is 0 Å². The molecule has 0 atom stereocenters. The second-order valence-electron chi connectivity index (χ2n) is 5.38. The van der Waals surface area contributed by atoms with E-state index >= 15 is 0 Å². The molecule has 0 saturated carbocycles. The zero-order chi connectivity index (χ0) is 12.6. The molecular formula is C14H24NOSi+. The Morgan fingerprint density at radius 1 is 1.12 bits per heavy atom. The highest BCUT2D eigenvalue weighted by Gasteiger charge is 2.06. The fourth-order valence-corrected chi connectivity index (χ4v) is 2.47. The fourth-order valence-electron chi connectivity index (χ4n) is 1.65. The third-order valence-electron chi connectivity index (χ3n) is 2.38. The fraction of sp³-hybridized carbons (Fsp3) is 0.571. The minimum Gasteiger partial charge on any atom is -0.417 e. The molecule has 0 unspecified atom stereocenters. The summed E-state index contributed by atoms with van der Waals surface area (Å²) >= 11 is 0. The Kier molecular flexibility index (Phi) is 6.48. The van der Waals surface area contributed by atoms with Crippen LogP contribution in [0.3, 0.4) is 0 Å². The number of rotatable bonds is 2. The van der Waals surface area contributed by atoms with E-state index in [1.54, 1.807) is 0 Å². The van der Waals surface area contributed by atoms with Crippen molar-refractivity contribution in [3.63, 3.8) is 0 Å².